The van der Waals surface area contributed by atoms with Crippen molar-refractivity contribution in [1.82, 2.24) is 40.2 Å². The molecule has 3 aromatic heterocycles. The molecule has 2 aliphatic carbocycles. The molecule has 6 aromatic rings. The number of carbonyl (C=O) groups excluding carboxylic acids is 4. The molecule has 12 N–H and O–H groups in total. The molecule has 4 amide bonds. The molecule has 104 heavy (non-hydrogen) atoms. The number of fused-ring (bicyclic) bond motifs is 4. The Kier molecular flexibility index (Phi) is 24.8. The van der Waals surface area contributed by atoms with Gasteiger partial charge in [-0.25, -0.2) is 19.6 Å². The van der Waals surface area contributed by atoms with E-state index in [1.807, 2.05) is 59.0 Å². The summed E-state index contributed by atoms with van der Waals surface area (Å²) in [5, 5.41) is 108. The van der Waals surface area contributed by atoms with Crippen molar-refractivity contribution in [1.29, 1.82) is 0 Å². The zero-order valence-electron chi connectivity index (χ0n) is 58.9. The van der Waals surface area contributed by atoms with Crippen molar-refractivity contribution >= 4 is 68.1 Å². The Hall–Kier alpha value is -8.11. The largest absolute Gasteiger partial charge is 0.479 e. The number of unbranched alkanes of at least 4 members (excludes halogenated alkanes) is 1. The van der Waals surface area contributed by atoms with Gasteiger partial charge < -0.3 is 85.3 Å². The standard InChI is InChI=1S/C74H96N10O19S/c1-45-51(49-19-20-56(78-60(49)66(95)96)82-28-21-47-12-8-13-50(52(47)35-82)65(94)79-69-77-53-14-4-5-15-55(53)104-69)34-76-84(45)41-73-24-10-23-71(2,39-73)38-72(3,40-73)25-31-100-32-30-81(29-22-57(88)80-74(42-85,43-86)44-87)70(99)101-37-48-18-17-46(11-6-7-26-75-58(89)36-83-27-9-16-59(83)90)33-54(48)102-68-63(93)61(91)62(92)64(103-68)67(97)98/h4-5,8,12-15,17-20,33-34,61-64,68,70,85-87,91-93,99H,6-7,9-11,16,21-32,35-44H2,1-3H3,(H,75,89)(H,80,88)(H,95,96)(H,97,98)(H,77,79,94)/t61-,62-,63+,64-,68+,70?,71?,72?,73?/m0/s1. The Morgan fingerprint density at radius 1 is 0.846 bits per heavy atom. The highest BCUT2D eigenvalue weighted by Gasteiger charge is 2.53. The van der Waals surface area contributed by atoms with E-state index in [0.717, 1.165) is 65.6 Å². The third kappa shape index (κ3) is 18.2. The van der Waals surface area contributed by atoms with Crippen molar-refractivity contribution in [2.75, 3.05) is 82.5 Å². The number of aliphatic carboxylic acids is 1. The van der Waals surface area contributed by atoms with Gasteiger partial charge >= 0.3 is 11.9 Å². The van der Waals surface area contributed by atoms with E-state index in [4.69, 9.17) is 29.0 Å². The van der Waals surface area contributed by atoms with Gasteiger partial charge in [0.15, 0.2) is 16.9 Å². The SMILES string of the molecule is Cc1c(-c2ccc(N3CCc4cccc(C(=O)Nc5nc6ccccc6s5)c4C3)nc2C(=O)O)cnn1CC12CCCC(C)(CC(C)(CCOCCN(CCC(=O)NC(CO)(CO)CO)C(O)OCc3ccc(CCCCNC(=O)CN4CCCC4=O)cc3O[C@@H]3O[C@H](C(=O)O)[C@@H](O)[C@H](O)[C@H]3O)C1)C2. The lowest BCUT2D eigenvalue weighted by atomic mass is 9.48. The van der Waals surface area contributed by atoms with Gasteiger partial charge in [0.05, 0.1) is 56.0 Å². The van der Waals surface area contributed by atoms with Crippen LogP contribution in [0, 0.1) is 23.2 Å². The quantitative estimate of drug-likeness (QED) is 0.0195. The number of likely N-dealkylation sites (tertiary alicyclic amines) is 1. The van der Waals surface area contributed by atoms with Crippen LogP contribution in [0.2, 0.25) is 0 Å². The van der Waals surface area contributed by atoms with Crippen LogP contribution in [0.3, 0.4) is 0 Å². The lowest BCUT2D eigenvalue weighted by Gasteiger charge is -2.58. The Morgan fingerprint density at radius 2 is 1.64 bits per heavy atom. The number of nitrogens with one attached hydrogen (secondary N) is 3. The summed E-state index contributed by atoms with van der Waals surface area (Å²) in [6.45, 7) is 6.60. The first-order chi connectivity index (χ1) is 49.8. The van der Waals surface area contributed by atoms with E-state index in [1.165, 1.54) is 21.1 Å². The molecule has 3 aliphatic heterocycles. The highest BCUT2D eigenvalue weighted by Crippen LogP contribution is 2.63. The van der Waals surface area contributed by atoms with E-state index < -0.39 is 80.3 Å². The number of pyridine rings is 1. The Morgan fingerprint density at radius 3 is 2.39 bits per heavy atom. The molecule has 562 valence electrons. The molecular formula is C74H96N10O19S. The maximum Gasteiger partial charge on any atom is 0.355 e. The number of amides is 4. The van der Waals surface area contributed by atoms with Crippen LogP contribution in [-0.4, -0.2) is 226 Å². The molecule has 6 heterocycles. The summed E-state index contributed by atoms with van der Waals surface area (Å²) >= 11 is 1.40. The molecule has 2 saturated heterocycles. The smallest absolute Gasteiger partial charge is 0.355 e. The first-order valence-corrected chi connectivity index (χ1v) is 36.4. The van der Waals surface area contributed by atoms with Gasteiger partial charge in [0.1, 0.15) is 35.4 Å². The number of benzene rings is 3. The van der Waals surface area contributed by atoms with Crippen molar-refractivity contribution in [3.63, 3.8) is 0 Å². The number of aliphatic hydroxyl groups excluding tert-OH is 7. The van der Waals surface area contributed by atoms with Crippen LogP contribution in [0.4, 0.5) is 10.9 Å². The Labute approximate surface area is 606 Å². The zero-order chi connectivity index (χ0) is 74.1. The molecule has 4 unspecified atom stereocenters. The second kappa shape index (κ2) is 33.6. The molecule has 4 fully saturated rings. The van der Waals surface area contributed by atoms with E-state index in [-0.39, 0.29) is 90.2 Å². The van der Waals surface area contributed by atoms with Crippen molar-refractivity contribution in [2.24, 2.45) is 16.2 Å². The van der Waals surface area contributed by atoms with E-state index in [2.05, 4.69) is 34.8 Å². The van der Waals surface area contributed by atoms with Crippen LogP contribution in [0.5, 0.6) is 5.75 Å². The number of para-hydroxylation sites is 1. The summed E-state index contributed by atoms with van der Waals surface area (Å²) in [4.78, 5) is 91.3. The average molecular weight is 1460 g/mol. The monoisotopic (exact) mass is 1460 g/mol. The van der Waals surface area contributed by atoms with Gasteiger partial charge in [-0.2, -0.15) is 5.10 Å². The van der Waals surface area contributed by atoms with Gasteiger partial charge in [0, 0.05) is 93.2 Å². The first-order valence-electron chi connectivity index (χ1n) is 35.6. The van der Waals surface area contributed by atoms with Crippen molar-refractivity contribution < 1.29 is 93.7 Å². The predicted octanol–water partition coefficient (Wildman–Crippen LogP) is 4.50. The third-order valence-corrected chi connectivity index (χ3v) is 22.1. The lowest BCUT2D eigenvalue weighted by molar-refractivity contribution is -0.271. The normalized spacial score (nSPS) is 23.6. The molecule has 2 saturated carbocycles. The van der Waals surface area contributed by atoms with E-state index in [1.54, 1.807) is 36.5 Å². The predicted molar refractivity (Wildman–Crippen MR) is 380 cm³/mol. The Bertz CT molecular complexity index is 4020. The molecule has 0 radical (unpaired) electrons. The number of anilines is 2. The number of hydrogen-bond donors (Lipinski definition) is 12. The number of ether oxygens (including phenoxy) is 4. The summed E-state index contributed by atoms with van der Waals surface area (Å²) in [5.41, 5.74) is 3.92. The summed E-state index contributed by atoms with van der Waals surface area (Å²) in [6, 6.07) is 22.0. The molecule has 29 nitrogen and oxygen atoms in total. The summed E-state index contributed by atoms with van der Waals surface area (Å²) < 4.78 is 27.0. The van der Waals surface area contributed by atoms with E-state index >= 15 is 0 Å². The zero-order valence-corrected chi connectivity index (χ0v) is 59.7. The number of hydrogen-bond acceptors (Lipinski definition) is 23. The van der Waals surface area contributed by atoms with Crippen LogP contribution in [0.15, 0.2) is 79.0 Å². The highest BCUT2D eigenvalue weighted by atomic mass is 32.1. The van der Waals surface area contributed by atoms with Crippen LogP contribution >= 0.6 is 11.3 Å². The van der Waals surface area contributed by atoms with Crippen LogP contribution < -0.4 is 25.6 Å². The number of carboxylic acid groups (broad SMARTS) is 2. The maximum atomic E-state index is 13.8. The first kappa shape index (κ1) is 77.0. The molecule has 11 rings (SSSR count). The van der Waals surface area contributed by atoms with Gasteiger partial charge in [-0.3, -0.25) is 34.1 Å². The maximum absolute atomic E-state index is 13.8. The number of aryl methyl sites for hydroxylation is 1. The van der Waals surface area contributed by atoms with Crippen molar-refractivity contribution in [3.05, 3.63) is 118 Å². The number of carbonyl (C=O) groups is 6. The Balaban J connectivity index is 0.734. The molecule has 3 aromatic carbocycles. The number of aromatic carboxylic acids is 1. The molecule has 2 bridgehead atoms. The van der Waals surface area contributed by atoms with Gasteiger partial charge in [-0.15, -0.1) is 0 Å². The van der Waals surface area contributed by atoms with Gasteiger partial charge in [-0.05, 0) is 147 Å². The topological polar surface area (TPSA) is 411 Å². The van der Waals surface area contributed by atoms with Crippen LogP contribution in [0.1, 0.15) is 140 Å². The van der Waals surface area contributed by atoms with Gasteiger partial charge in [0.25, 0.3) is 5.91 Å². The number of rotatable bonds is 34. The van der Waals surface area contributed by atoms with E-state index in [0.29, 0.717) is 117 Å². The third-order valence-electron chi connectivity index (χ3n) is 21.2. The van der Waals surface area contributed by atoms with Gasteiger partial charge in [-0.1, -0.05) is 68.0 Å². The molecule has 0 spiro atoms. The minimum absolute atomic E-state index is 0.00935. The van der Waals surface area contributed by atoms with Crippen molar-refractivity contribution in [2.45, 2.75) is 173 Å². The summed E-state index contributed by atoms with van der Waals surface area (Å²) in [6.07, 6.45) is -0.0692. The summed E-state index contributed by atoms with van der Waals surface area (Å²) in [7, 11) is 0. The lowest BCUT2D eigenvalue weighted by Crippen LogP contribution is -2.61. The molecule has 9 atom stereocenters. The number of thiazole rings is 1. The minimum Gasteiger partial charge on any atom is -0.479 e. The summed E-state index contributed by atoms with van der Waals surface area (Å²) in [5.74, 6) is -3.58. The number of aromatic nitrogens is 4. The molecule has 30 heteroatoms. The fourth-order valence-electron chi connectivity index (χ4n) is 16.0. The number of nitrogens with zero attached hydrogens (tertiary/aromatic N) is 7. The number of aliphatic hydroxyl groups is 7. The fourth-order valence-corrected chi connectivity index (χ4v) is 16.9. The average Bonchev–Trinajstić information content (AvgIpc) is 1.01. The molecular weight excluding hydrogens is 1360 g/mol. The van der Waals surface area contributed by atoms with E-state index in [9.17, 15) is 74.7 Å². The minimum atomic E-state index is -1.99. The van der Waals surface area contributed by atoms with Crippen LogP contribution in [-0.2, 0) is 65.9 Å². The molecule has 5 aliphatic rings. The number of carboxylic acids is 2. The van der Waals surface area contributed by atoms with Crippen LogP contribution in [0.25, 0.3) is 21.3 Å². The fraction of sp³-hybridized carbons (Fsp3) is 0.554. The second-order valence-electron chi connectivity index (χ2n) is 29.3. The van der Waals surface area contributed by atoms with Gasteiger partial charge in [0.2, 0.25) is 30.4 Å². The highest BCUT2D eigenvalue weighted by molar-refractivity contribution is 7.22. The second-order valence-corrected chi connectivity index (χ2v) is 30.4. The van der Waals surface area contributed by atoms with Crippen molar-refractivity contribution in [3.8, 4) is 16.9 Å².